The van der Waals surface area contributed by atoms with Crippen LogP contribution in [0.25, 0.3) is 0 Å². The predicted molar refractivity (Wildman–Crippen MR) is 65.4 cm³/mol. The van der Waals surface area contributed by atoms with Crippen molar-refractivity contribution in [2.24, 2.45) is 7.05 Å². The second kappa shape index (κ2) is 4.89. The number of nitrogens with zero attached hydrogens (tertiary/aromatic N) is 4. The standard InChI is InChI=1S/C10H10Cl2N4O/c1-15-5-3-13-8(15)2-4-16-10(17)9(12)7(11)6-14-16/h3,5-6H,2,4H2,1H3. The molecule has 2 aromatic rings. The molecule has 0 spiro atoms. The van der Waals surface area contributed by atoms with Gasteiger partial charge in [-0.2, -0.15) is 5.10 Å². The van der Waals surface area contributed by atoms with Crippen molar-refractivity contribution < 1.29 is 0 Å². The van der Waals surface area contributed by atoms with Crippen LogP contribution in [-0.2, 0) is 20.0 Å². The SMILES string of the molecule is Cn1ccnc1CCn1ncc(Cl)c(Cl)c1=O. The summed E-state index contributed by atoms with van der Waals surface area (Å²) in [6.45, 7) is 0.417. The average Bonchev–Trinajstić information content (AvgIpc) is 2.71. The Hall–Kier alpha value is -1.33. The van der Waals surface area contributed by atoms with E-state index in [2.05, 4.69) is 10.1 Å². The average molecular weight is 273 g/mol. The van der Waals surface area contributed by atoms with Crippen molar-refractivity contribution in [3.63, 3.8) is 0 Å². The first kappa shape index (κ1) is 12.1. The van der Waals surface area contributed by atoms with Crippen LogP contribution in [-0.4, -0.2) is 19.3 Å². The normalized spacial score (nSPS) is 10.8. The summed E-state index contributed by atoms with van der Waals surface area (Å²) >= 11 is 11.4. The molecule has 2 heterocycles. The third-order valence-electron chi connectivity index (χ3n) is 2.41. The summed E-state index contributed by atoms with van der Waals surface area (Å²) < 4.78 is 3.17. The van der Waals surface area contributed by atoms with Gasteiger partial charge in [0.15, 0.2) is 0 Å². The van der Waals surface area contributed by atoms with E-state index in [0.717, 1.165) is 5.82 Å². The monoisotopic (exact) mass is 272 g/mol. The third-order valence-corrected chi connectivity index (χ3v) is 3.16. The molecule has 2 rings (SSSR count). The lowest BCUT2D eigenvalue weighted by Gasteiger charge is -2.05. The summed E-state index contributed by atoms with van der Waals surface area (Å²) in [5.74, 6) is 0.879. The number of rotatable bonds is 3. The molecule has 0 aliphatic carbocycles. The van der Waals surface area contributed by atoms with E-state index in [1.165, 1.54) is 10.9 Å². The second-order valence-electron chi connectivity index (χ2n) is 3.54. The maximum atomic E-state index is 11.7. The molecule has 0 amide bonds. The van der Waals surface area contributed by atoms with Gasteiger partial charge in [-0.25, -0.2) is 9.67 Å². The zero-order valence-electron chi connectivity index (χ0n) is 9.10. The lowest BCUT2D eigenvalue weighted by molar-refractivity contribution is 0.559. The van der Waals surface area contributed by atoms with Gasteiger partial charge in [0.1, 0.15) is 10.8 Å². The molecule has 0 saturated carbocycles. The van der Waals surface area contributed by atoms with Gasteiger partial charge in [-0.3, -0.25) is 4.79 Å². The largest absolute Gasteiger partial charge is 0.338 e. The van der Waals surface area contributed by atoms with Gasteiger partial charge in [0.25, 0.3) is 5.56 Å². The fraction of sp³-hybridized carbons (Fsp3) is 0.300. The maximum Gasteiger partial charge on any atom is 0.287 e. The Balaban J connectivity index is 2.18. The van der Waals surface area contributed by atoms with E-state index in [0.29, 0.717) is 13.0 Å². The Morgan fingerprint density at radius 3 is 2.82 bits per heavy atom. The quantitative estimate of drug-likeness (QED) is 0.852. The van der Waals surface area contributed by atoms with Crippen molar-refractivity contribution >= 4 is 23.2 Å². The molecule has 2 aromatic heterocycles. The Bertz CT molecular complexity index is 590. The maximum absolute atomic E-state index is 11.7. The molecule has 7 heteroatoms. The molecular formula is C10H10Cl2N4O. The minimum Gasteiger partial charge on any atom is -0.338 e. The molecule has 0 atom stereocenters. The lowest BCUT2D eigenvalue weighted by Crippen LogP contribution is -2.24. The van der Waals surface area contributed by atoms with E-state index in [1.807, 2.05) is 17.8 Å². The van der Waals surface area contributed by atoms with Crippen molar-refractivity contribution in [1.82, 2.24) is 19.3 Å². The van der Waals surface area contributed by atoms with Crippen LogP contribution in [0.3, 0.4) is 0 Å². The number of aromatic nitrogens is 4. The molecule has 0 unspecified atom stereocenters. The van der Waals surface area contributed by atoms with Crippen molar-refractivity contribution in [1.29, 1.82) is 0 Å². The van der Waals surface area contributed by atoms with Gasteiger partial charge >= 0.3 is 0 Å². The molecule has 17 heavy (non-hydrogen) atoms. The lowest BCUT2D eigenvalue weighted by atomic mass is 10.4. The number of halogens is 2. The van der Waals surface area contributed by atoms with E-state index in [9.17, 15) is 4.79 Å². The highest BCUT2D eigenvalue weighted by Crippen LogP contribution is 2.14. The molecule has 0 aliphatic heterocycles. The van der Waals surface area contributed by atoms with Crippen LogP contribution in [0.4, 0.5) is 0 Å². The van der Waals surface area contributed by atoms with Crippen molar-refractivity contribution in [3.8, 4) is 0 Å². The van der Waals surface area contributed by atoms with E-state index in [-0.39, 0.29) is 15.6 Å². The third kappa shape index (κ3) is 2.50. The molecule has 0 aromatic carbocycles. The van der Waals surface area contributed by atoms with Crippen LogP contribution in [0, 0.1) is 0 Å². The molecule has 0 saturated heterocycles. The molecule has 0 aliphatic rings. The summed E-state index contributed by atoms with van der Waals surface area (Å²) in [7, 11) is 1.90. The molecule has 0 radical (unpaired) electrons. The van der Waals surface area contributed by atoms with Crippen molar-refractivity contribution in [3.05, 3.63) is 44.8 Å². The van der Waals surface area contributed by atoms with E-state index in [4.69, 9.17) is 23.2 Å². The van der Waals surface area contributed by atoms with Crippen LogP contribution in [0.15, 0.2) is 23.4 Å². The number of hydrogen-bond acceptors (Lipinski definition) is 3. The smallest absolute Gasteiger partial charge is 0.287 e. The fourth-order valence-corrected chi connectivity index (χ4v) is 1.72. The molecule has 0 N–H and O–H groups in total. The van der Waals surface area contributed by atoms with Gasteiger partial charge in [-0.15, -0.1) is 0 Å². The van der Waals surface area contributed by atoms with Crippen LogP contribution < -0.4 is 5.56 Å². The highest BCUT2D eigenvalue weighted by Gasteiger charge is 2.08. The minimum absolute atomic E-state index is 0.00140. The summed E-state index contributed by atoms with van der Waals surface area (Å²) in [5.41, 5.74) is -0.381. The number of hydrogen-bond donors (Lipinski definition) is 0. The fourth-order valence-electron chi connectivity index (χ4n) is 1.45. The first-order chi connectivity index (χ1) is 8.09. The van der Waals surface area contributed by atoms with E-state index in [1.54, 1.807) is 6.20 Å². The van der Waals surface area contributed by atoms with Gasteiger partial charge in [0.2, 0.25) is 0 Å². The zero-order chi connectivity index (χ0) is 12.4. The number of imidazole rings is 1. The second-order valence-corrected chi connectivity index (χ2v) is 4.32. The van der Waals surface area contributed by atoms with Crippen LogP contribution in [0.1, 0.15) is 5.82 Å². The van der Waals surface area contributed by atoms with Crippen LogP contribution in [0.5, 0.6) is 0 Å². The highest BCUT2D eigenvalue weighted by atomic mass is 35.5. The summed E-state index contributed by atoms with van der Waals surface area (Å²) in [6, 6.07) is 0. The molecule has 90 valence electrons. The van der Waals surface area contributed by atoms with Crippen molar-refractivity contribution in [2.45, 2.75) is 13.0 Å². The van der Waals surface area contributed by atoms with Crippen LogP contribution in [0.2, 0.25) is 10.0 Å². The predicted octanol–water partition coefficient (Wildman–Crippen LogP) is 1.53. The van der Waals surface area contributed by atoms with Gasteiger partial charge in [-0.05, 0) is 0 Å². The summed E-state index contributed by atoms with van der Waals surface area (Å²) in [4.78, 5) is 15.9. The Kier molecular flexibility index (Phi) is 3.49. The topological polar surface area (TPSA) is 52.7 Å². The Labute approximate surface area is 108 Å². The van der Waals surface area contributed by atoms with Gasteiger partial charge in [-0.1, -0.05) is 23.2 Å². The van der Waals surface area contributed by atoms with Gasteiger partial charge in [0.05, 0.1) is 17.8 Å². The molecule has 0 fully saturated rings. The van der Waals surface area contributed by atoms with E-state index < -0.39 is 0 Å². The number of aryl methyl sites for hydroxylation is 3. The highest BCUT2D eigenvalue weighted by molar-refractivity contribution is 6.41. The first-order valence-electron chi connectivity index (χ1n) is 4.97. The minimum atomic E-state index is -0.381. The van der Waals surface area contributed by atoms with Gasteiger partial charge < -0.3 is 4.57 Å². The van der Waals surface area contributed by atoms with Crippen LogP contribution >= 0.6 is 23.2 Å². The van der Waals surface area contributed by atoms with E-state index >= 15 is 0 Å². The summed E-state index contributed by atoms with van der Waals surface area (Å²) in [5, 5.41) is 4.09. The molecule has 5 nitrogen and oxygen atoms in total. The molecule has 0 bridgehead atoms. The van der Waals surface area contributed by atoms with Crippen molar-refractivity contribution in [2.75, 3.05) is 0 Å². The first-order valence-corrected chi connectivity index (χ1v) is 5.72. The zero-order valence-corrected chi connectivity index (χ0v) is 10.6. The summed E-state index contributed by atoms with van der Waals surface area (Å²) in [6.07, 6.45) is 5.53. The van der Waals surface area contributed by atoms with Gasteiger partial charge in [0, 0.05) is 25.9 Å². The molecular weight excluding hydrogens is 263 g/mol. The Morgan fingerprint density at radius 2 is 2.18 bits per heavy atom. The Morgan fingerprint density at radius 1 is 1.41 bits per heavy atom.